The standard InChI is InChI=1S/C17H30N4O2S/c1-14(2)21(15(3)4)24(22,23)16-7-8-17(18-13-16)20-10-6-9-19(5)11-12-20/h7-8,13-15H,6,9-12H2,1-5H3. The van der Waals surface area contributed by atoms with Crippen molar-refractivity contribution in [2.24, 2.45) is 0 Å². The van der Waals surface area contributed by atoms with Crippen molar-refractivity contribution in [1.29, 1.82) is 0 Å². The van der Waals surface area contributed by atoms with Gasteiger partial charge in [0.05, 0.1) is 0 Å². The minimum absolute atomic E-state index is 0.0872. The Hall–Kier alpha value is -1.18. The Kier molecular flexibility index (Phi) is 6.22. The van der Waals surface area contributed by atoms with E-state index in [9.17, 15) is 8.42 Å². The van der Waals surface area contributed by atoms with Crippen LogP contribution in [-0.2, 0) is 10.0 Å². The second kappa shape index (κ2) is 7.80. The Morgan fingerprint density at radius 2 is 1.71 bits per heavy atom. The fraction of sp³-hybridized carbons (Fsp3) is 0.706. The van der Waals surface area contributed by atoms with Crippen LogP contribution in [0.4, 0.5) is 5.82 Å². The molecule has 0 N–H and O–H groups in total. The molecule has 1 aromatic heterocycles. The van der Waals surface area contributed by atoms with Gasteiger partial charge >= 0.3 is 0 Å². The first kappa shape index (κ1) is 19.1. The van der Waals surface area contributed by atoms with Crippen LogP contribution >= 0.6 is 0 Å². The molecule has 0 aromatic carbocycles. The smallest absolute Gasteiger partial charge is 0.245 e. The molecule has 7 heteroatoms. The van der Waals surface area contributed by atoms with Gasteiger partial charge < -0.3 is 9.80 Å². The maximum absolute atomic E-state index is 12.9. The summed E-state index contributed by atoms with van der Waals surface area (Å²) in [5.74, 6) is 0.852. The fourth-order valence-electron chi connectivity index (χ4n) is 3.26. The summed E-state index contributed by atoms with van der Waals surface area (Å²) in [5.41, 5.74) is 0. The average Bonchev–Trinajstić information content (AvgIpc) is 2.71. The van der Waals surface area contributed by atoms with Crippen LogP contribution in [0.5, 0.6) is 0 Å². The lowest BCUT2D eigenvalue weighted by Crippen LogP contribution is -2.42. The predicted octanol–water partition coefficient (Wildman–Crippen LogP) is 2.03. The van der Waals surface area contributed by atoms with Gasteiger partial charge in [-0.3, -0.25) is 0 Å². The molecule has 0 unspecified atom stereocenters. The van der Waals surface area contributed by atoms with Crippen LogP contribution in [0.3, 0.4) is 0 Å². The number of hydrogen-bond acceptors (Lipinski definition) is 5. The molecule has 1 aliphatic heterocycles. The van der Waals surface area contributed by atoms with E-state index in [-0.39, 0.29) is 17.0 Å². The Bertz CT molecular complexity index is 620. The molecule has 1 aromatic rings. The van der Waals surface area contributed by atoms with E-state index in [1.54, 1.807) is 6.07 Å². The van der Waals surface area contributed by atoms with Crippen molar-refractivity contribution in [3.63, 3.8) is 0 Å². The highest BCUT2D eigenvalue weighted by atomic mass is 32.2. The first-order valence-electron chi connectivity index (χ1n) is 8.66. The Labute approximate surface area is 146 Å². The summed E-state index contributed by atoms with van der Waals surface area (Å²) >= 11 is 0. The van der Waals surface area contributed by atoms with Crippen LogP contribution in [0.25, 0.3) is 0 Å². The van der Waals surface area contributed by atoms with Crippen LogP contribution in [0, 0.1) is 0 Å². The summed E-state index contributed by atoms with van der Waals surface area (Å²) in [6.45, 7) is 11.5. The van der Waals surface area contributed by atoms with Crippen LogP contribution < -0.4 is 4.90 Å². The quantitative estimate of drug-likeness (QED) is 0.810. The minimum atomic E-state index is -3.52. The highest BCUT2D eigenvalue weighted by Gasteiger charge is 2.29. The lowest BCUT2D eigenvalue weighted by atomic mass is 10.3. The molecule has 0 saturated carbocycles. The molecule has 0 aliphatic carbocycles. The third-order valence-electron chi connectivity index (χ3n) is 4.36. The number of anilines is 1. The molecule has 1 fully saturated rings. The molecule has 0 bridgehead atoms. The van der Waals surface area contributed by atoms with E-state index in [0.717, 1.165) is 38.4 Å². The summed E-state index contributed by atoms with van der Waals surface area (Å²) < 4.78 is 27.3. The lowest BCUT2D eigenvalue weighted by Gasteiger charge is -2.29. The number of sulfonamides is 1. The van der Waals surface area contributed by atoms with Gasteiger partial charge in [0.25, 0.3) is 0 Å². The van der Waals surface area contributed by atoms with Gasteiger partial charge in [0.1, 0.15) is 10.7 Å². The normalized spacial score (nSPS) is 17.8. The largest absolute Gasteiger partial charge is 0.355 e. The third-order valence-corrected chi connectivity index (χ3v) is 6.59. The SMILES string of the molecule is CC(C)N(C(C)C)S(=O)(=O)c1ccc(N2CCCN(C)CC2)nc1. The average molecular weight is 355 g/mol. The Morgan fingerprint density at radius 3 is 2.25 bits per heavy atom. The second-order valence-corrected chi connectivity index (χ2v) is 8.86. The molecule has 0 amide bonds. The predicted molar refractivity (Wildman–Crippen MR) is 97.9 cm³/mol. The van der Waals surface area contributed by atoms with Gasteiger partial charge in [-0.15, -0.1) is 0 Å². The molecule has 2 rings (SSSR count). The number of rotatable bonds is 5. The van der Waals surface area contributed by atoms with E-state index in [2.05, 4.69) is 21.8 Å². The van der Waals surface area contributed by atoms with E-state index in [1.807, 2.05) is 33.8 Å². The van der Waals surface area contributed by atoms with E-state index < -0.39 is 10.0 Å². The molecule has 6 nitrogen and oxygen atoms in total. The lowest BCUT2D eigenvalue weighted by molar-refractivity contribution is 0.302. The molecule has 2 heterocycles. The van der Waals surface area contributed by atoms with Gasteiger partial charge in [0.2, 0.25) is 10.0 Å². The molecule has 1 saturated heterocycles. The molecule has 136 valence electrons. The minimum Gasteiger partial charge on any atom is -0.355 e. The molecule has 0 spiro atoms. The van der Waals surface area contributed by atoms with E-state index >= 15 is 0 Å². The maximum Gasteiger partial charge on any atom is 0.245 e. The maximum atomic E-state index is 12.9. The Balaban J connectivity index is 2.22. The third kappa shape index (κ3) is 4.26. The number of nitrogens with zero attached hydrogens (tertiary/aromatic N) is 4. The molecular formula is C17H30N4O2S. The summed E-state index contributed by atoms with van der Waals surface area (Å²) in [5, 5.41) is 0. The van der Waals surface area contributed by atoms with Crippen molar-refractivity contribution in [2.45, 2.75) is 51.1 Å². The van der Waals surface area contributed by atoms with Gasteiger partial charge in [0.15, 0.2) is 0 Å². The second-order valence-electron chi connectivity index (χ2n) is 7.02. The van der Waals surface area contributed by atoms with Crippen LogP contribution in [0.2, 0.25) is 0 Å². The highest BCUT2D eigenvalue weighted by molar-refractivity contribution is 7.89. The Morgan fingerprint density at radius 1 is 1.04 bits per heavy atom. The van der Waals surface area contributed by atoms with Gasteiger partial charge in [-0.25, -0.2) is 13.4 Å². The topological polar surface area (TPSA) is 56.8 Å². The zero-order chi connectivity index (χ0) is 17.9. The summed E-state index contributed by atoms with van der Waals surface area (Å²) in [6, 6.07) is 3.34. The van der Waals surface area contributed by atoms with Crippen LogP contribution in [0.15, 0.2) is 23.2 Å². The molecular weight excluding hydrogens is 324 g/mol. The van der Waals surface area contributed by atoms with Gasteiger partial charge in [-0.2, -0.15) is 4.31 Å². The highest BCUT2D eigenvalue weighted by Crippen LogP contribution is 2.22. The van der Waals surface area contributed by atoms with E-state index in [4.69, 9.17) is 0 Å². The number of pyridine rings is 1. The van der Waals surface area contributed by atoms with Crippen molar-refractivity contribution in [2.75, 3.05) is 38.1 Å². The van der Waals surface area contributed by atoms with E-state index in [1.165, 1.54) is 10.5 Å². The zero-order valence-corrected chi connectivity index (χ0v) is 16.3. The monoisotopic (exact) mass is 354 g/mol. The van der Waals surface area contributed by atoms with Crippen molar-refractivity contribution >= 4 is 15.8 Å². The fourth-order valence-corrected chi connectivity index (χ4v) is 5.04. The zero-order valence-electron chi connectivity index (χ0n) is 15.4. The summed E-state index contributed by atoms with van der Waals surface area (Å²) in [6.07, 6.45) is 2.59. The van der Waals surface area contributed by atoms with Crippen molar-refractivity contribution in [1.82, 2.24) is 14.2 Å². The summed E-state index contributed by atoms with van der Waals surface area (Å²) in [7, 11) is -1.39. The molecule has 24 heavy (non-hydrogen) atoms. The molecule has 0 atom stereocenters. The van der Waals surface area contributed by atoms with Crippen LogP contribution in [-0.4, -0.2) is 67.9 Å². The van der Waals surface area contributed by atoms with Crippen molar-refractivity contribution < 1.29 is 8.42 Å². The number of likely N-dealkylation sites (N-methyl/N-ethyl adjacent to an activating group) is 1. The van der Waals surface area contributed by atoms with Gasteiger partial charge in [-0.05, 0) is 59.8 Å². The van der Waals surface area contributed by atoms with E-state index in [0.29, 0.717) is 0 Å². The van der Waals surface area contributed by atoms with Gasteiger partial charge in [0, 0.05) is 37.9 Å². The van der Waals surface area contributed by atoms with Crippen LogP contribution in [0.1, 0.15) is 34.1 Å². The number of hydrogen-bond donors (Lipinski definition) is 0. The molecule has 0 radical (unpaired) electrons. The van der Waals surface area contributed by atoms with Gasteiger partial charge in [-0.1, -0.05) is 0 Å². The summed E-state index contributed by atoms with van der Waals surface area (Å²) in [4.78, 5) is 9.23. The number of aromatic nitrogens is 1. The first-order valence-corrected chi connectivity index (χ1v) is 10.1. The van der Waals surface area contributed by atoms with Crippen molar-refractivity contribution in [3.8, 4) is 0 Å². The molecule has 1 aliphatic rings. The van der Waals surface area contributed by atoms with Crippen molar-refractivity contribution in [3.05, 3.63) is 18.3 Å². The first-order chi connectivity index (χ1) is 11.2.